The van der Waals surface area contributed by atoms with Crippen LogP contribution < -0.4 is 11.1 Å². The molecule has 5 rings (SSSR count). The van der Waals surface area contributed by atoms with E-state index in [2.05, 4.69) is 20.4 Å². The Kier molecular flexibility index (Phi) is 6.45. The molecule has 0 aliphatic heterocycles. The molecule has 0 spiro atoms. The largest absolute Gasteiger partial charge is 0.390 e. The molecule has 0 fully saturated rings. The molecule has 5 aromatic rings. The molecule has 37 heavy (non-hydrogen) atoms. The molecule has 8 nitrogen and oxygen atoms in total. The van der Waals surface area contributed by atoms with Crippen molar-refractivity contribution in [1.29, 1.82) is 0 Å². The zero-order chi connectivity index (χ0) is 26.2. The van der Waals surface area contributed by atoms with Gasteiger partial charge in [0.1, 0.15) is 22.3 Å². The summed E-state index contributed by atoms with van der Waals surface area (Å²) in [7, 11) is 0. The second-order valence-corrected chi connectivity index (χ2v) is 10.2. The molecule has 4 N–H and O–H groups in total. The molecule has 3 aromatic heterocycles. The van der Waals surface area contributed by atoms with Gasteiger partial charge in [0.25, 0.3) is 5.91 Å². The van der Waals surface area contributed by atoms with E-state index in [4.69, 9.17) is 5.73 Å². The standard InChI is InChI=1S/C27H25FN6O2S/c1-27(2,36)8-10-34-14-18-11-22(20(13-21(18)33-34)16-3-5-19(28)6-4-16)31-25(35)23-15-37-26(32-23)17-7-9-30-24(29)12-17/h3-7,9,11-15,36H,8,10H2,1-2H3,(H2,29,30)(H,31,35). The van der Waals surface area contributed by atoms with Crippen molar-refractivity contribution in [3.05, 3.63) is 77.8 Å². The van der Waals surface area contributed by atoms with Crippen LogP contribution in [-0.2, 0) is 6.54 Å². The lowest BCUT2D eigenvalue weighted by Gasteiger charge is -2.16. The van der Waals surface area contributed by atoms with E-state index >= 15 is 0 Å². The number of nitrogens with zero attached hydrogens (tertiary/aromatic N) is 4. The Morgan fingerprint density at radius 3 is 2.68 bits per heavy atom. The number of nitrogen functional groups attached to an aromatic ring is 1. The Bertz CT molecular complexity index is 1590. The van der Waals surface area contributed by atoms with Crippen molar-refractivity contribution in [2.75, 3.05) is 11.1 Å². The fourth-order valence-corrected chi connectivity index (χ4v) is 4.67. The lowest BCUT2D eigenvalue weighted by Crippen LogP contribution is -2.21. The molecule has 0 atom stereocenters. The number of nitrogens with one attached hydrogen (secondary N) is 1. The van der Waals surface area contributed by atoms with E-state index in [1.165, 1.54) is 23.5 Å². The third kappa shape index (κ3) is 5.65. The lowest BCUT2D eigenvalue weighted by atomic mass is 10.0. The summed E-state index contributed by atoms with van der Waals surface area (Å²) in [5.41, 5.74) is 8.71. The van der Waals surface area contributed by atoms with Gasteiger partial charge in [0.2, 0.25) is 0 Å². The maximum absolute atomic E-state index is 13.6. The number of anilines is 2. The third-order valence-corrected chi connectivity index (χ3v) is 6.70. The van der Waals surface area contributed by atoms with Gasteiger partial charge in [-0.05, 0) is 62.2 Å². The molecule has 0 saturated carbocycles. The molecule has 0 bridgehead atoms. The topological polar surface area (TPSA) is 119 Å². The zero-order valence-electron chi connectivity index (χ0n) is 20.3. The van der Waals surface area contributed by atoms with Gasteiger partial charge in [-0.25, -0.2) is 14.4 Å². The number of amides is 1. The van der Waals surface area contributed by atoms with Crippen LogP contribution >= 0.6 is 11.3 Å². The van der Waals surface area contributed by atoms with Crippen LogP contribution in [0.4, 0.5) is 15.9 Å². The second-order valence-electron chi connectivity index (χ2n) is 9.38. The smallest absolute Gasteiger partial charge is 0.275 e. The molecule has 0 aliphatic rings. The predicted octanol–water partition coefficient (Wildman–Crippen LogP) is 5.36. The molecule has 0 unspecified atom stereocenters. The van der Waals surface area contributed by atoms with Gasteiger partial charge in [0.05, 0.1) is 11.1 Å². The minimum Gasteiger partial charge on any atom is -0.390 e. The number of aryl methyl sites for hydroxylation is 1. The summed E-state index contributed by atoms with van der Waals surface area (Å²) in [6, 6.07) is 13.3. The first-order valence-electron chi connectivity index (χ1n) is 11.6. The Morgan fingerprint density at radius 1 is 1.16 bits per heavy atom. The number of nitrogens with two attached hydrogens (primary N) is 1. The normalized spacial score (nSPS) is 11.7. The number of benzene rings is 2. The van der Waals surface area contributed by atoms with E-state index in [0.717, 1.165) is 22.0 Å². The molecule has 0 aliphatic carbocycles. The second kappa shape index (κ2) is 9.72. The highest BCUT2D eigenvalue weighted by Crippen LogP contribution is 2.33. The number of hydrogen-bond donors (Lipinski definition) is 3. The number of carbonyl (C=O) groups excluding carboxylic acids is 1. The summed E-state index contributed by atoms with van der Waals surface area (Å²) in [5.74, 6) is -0.348. The quantitative estimate of drug-likeness (QED) is 0.268. The Hall–Kier alpha value is -4.15. The van der Waals surface area contributed by atoms with Crippen molar-refractivity contribution in [2.45, 2.75) is 32.4 Å². The van der Waals surface area contributed by atoms with E-state index in [0.29, 0.717) is 35.0 Å². The summed E-state index contributed by atoms with van der Waals surface area (Å²) >= 11 is 1.33. The zero-order valence-corrected chi connectivity index (χ0v) is 21.1. The number of pyridine rings is 1. The average molecular weight is 517 g/mol. The fourth-order valence-electron chi connectivity index (χ4n) is 3.88. The van der Waals surface area contributed by atoms with Gasteiger partial charge < -0.3 is 16.2 Å². The summed E-state index contributed by atoms with van der Waals surface area (Å²) < 4.78 is 15.4. The van der Waals surface area contributed by atoms with E-state index < -0.39 is 5.60 Å². The van der Waals surface area contributed by atoms with Crippen molar-refractivity contribution in [2.24, 2.45) is 0 Å². The van der Waals surface area contributed by atoms with Crippen molar-refractivity contribution >= 4 is 39.7 Å². The van der Waals surface area contributed by atoms with E-state index in [9.17, 15) is 14.3 Å². The lowest BCUT2D eigenvalue weighted by molar-refractivity contribution is 0.0651. The highest BCUT2D eigenvalue weighted by atomic mass is 32.1. The van der Waals surface area contributed by atoms with Crippen LogP contribution in [0, 0.1) is 5.82 Å². The van der Waals surface area contributed by atoms with Gasteiger partial charge in [-0.3, -0.25) is 9.48 Å². The maximum Gasteiger partial charge on any atom is 0.275 e. The summed E-state index contributed by atoms with van der Waals surface area (Å²) in [6.45, 7) is 4.04. The van der Waals surface area contributed by atoms with Gasteiger partial charge >= 0.3 is 0 Å². The number of fused-ring (bicyclic) bond motifs is 1. The molecule has 188 valence electrons. The number of rotatable bonds is 7. The minimum absolute atomic E-state index is 0.265. The number of halogens is 1. The predicted molar refractivity (Wildman–Crippen MR) is 144 cm³/mol. The summed E-state index contributed by atoms with van der Waals surface area (Å²) in [4.78, 5) is 21.7. The molecular formula is C27H25FN6O2S. The van der Waals surface area contributed by atoms with Crippen LogP contribution in [-0.4, -0.2) is 36.4 Å². The van der Waals surface area contributed by atoms with E-state index in [1.807, 2.05) is 18.3 Å². The molecule has 0 radical (unpaired) electrons. The van der Waals surface area contributed by atoms with E-state index in [1.54, 1.807) is 54.4 Å². The van der Waals surface area contributed by atoms with Crippen LogP contribution in [0.5, 0.6) is 0 Å². The minimum atomic E-state index is -0.815. The molecule has 1 amide bonds. The number of hydrogen-bond acceptors (Lipinski definition) is 7. The van der Waals surface area contributed by atoms with Crippen LogP contribution in [0.2, 0.25) is 0 Å². The Labute approximate surface area is 216 Å². The maximum atomic E-state index is 13.6. The number of aromatic nitrogens is 4. The van der Waals surface area contributed by atoms with Gasteiger partial charge in [-0.2, -0.15) is 5.10 Å². The first-order chi connectivity index (χ1) is 17.6. The number of thiazole rings is 1. The van der Waals surface area contributed by atoms with Gasteiger partial charge in [-0.15, -0.1) is 11.3 Å². The fraction of sp³-hybridized carbons (Fsp3) is 0.185. The average Bonchev–Trinajstić information content (AvgIpc) is 3.50. The van der Waals surface area contributed by atoms with Crippen molar-refractivity contribution in [3.63, 3.8) is 0 Å². The summed E-state index contributed by atoms with van der Waals surface area (Å²) in [5, 5.41) is 20.8. The van der Waals surface area contributed by atoms with Crippen LogP contribution in [0.15, 0.2) is 66.3 Å². The molecular weight excluding hydrogens is 491 g/mol. The first kappa shape index (κ1) is 24.5. The SMILES string of the molecule is CC(C)(O)CCn1cc2cc(NC(=O)c3csc(-c4ccnc(N)c4)n3)c(-c3ccc(F)cc3)cc2n1. The molecule has 3 heterocycles. The highest BCUT2D eigenvalue weighted by Gasteiger charge is 2.18. The highest BCUT2D eigenvalue weighted by molar-refractivity contribution is 7.13. The van der Waals surface area contributed by atoms with Gasteiger partial charge in [-0.1, -0.05) is 12.1 Å². The number of aliphatic hydroxyl groups is 1. The van der Waals surface area contributed by atoms with Crippen molar-refractivity contribution in [3.8, 4) is 21.7 Å². The van der Waals surface area contributed by atoms with Crippen LogP contribution in [0.3, 0.4) is 0 Å². The Balaban J connectivity index is 1.48. The first-order valence-corrected chi connectivity index (χ1v) is 12.5. The summed E-state index contributed by atoms with van der Waals surface area (Å²) in [6.07, 6.45) is 4.00. The monoisotopic (exact) mass is 516 g/mol. The number of carbonyl (C=O) groups is 1. The van der Waals surface area contributed by atoms with E-state index in [-0.39, 0.29) is 17.4 Å². The van der Waals surface area contributed by atoms with Gasteiger partial charge in [0, 0.05) is 46.5 Å². The van der Waals surface area contributed by atoms with Crippen molar-refractivity contribution < 1.29 is 14.3 Å². The van der Waals surface area contributed by atoms with Crippen LogP contribution in [0.25, 0.3) is 32.6 Å². The molecule has 10 heteroatoms. The van der Waals surface area contributed by atoms with Crippen LogP contribution in [0.1, 0.15) is 30.8 Å². The third-order valence-electron chi connectivity index (χ3n) is 5.81. The Morgan fingerprint density at radius 2 is 1.95 bits per heavy atom. The van der Waals surface area contributed by atoms with Crippen molar-refractivity contribution in [1.82, 2.24) is 19.7 Å². The van der Waals surface area contributed by atoms with Gasteiger partial charge in [0.15, 0.2) is 0 Å². The molecule has 2 aromatic carbocycles. The molecule has 0 saturated heterocycles.